The lowest BCUT2D eigenvalue weighted by atomic mass is 9.98. The Kier molecular flexibility index (Phi) is 10.4. The molecule has 2 atom stereocenters. The van der Waals surface area contributed by atoms with Gasteiger partial charge < -0.3 is 23.7 Å². The highest BCUT2D eigenvalue weighted by Gasteiger charge is 2.45. The zero-order valence-corrected chi connectivity index (χ0v) is 16.6. The number of alkyl halides is 2. The third kappa shape index (κ3) is 7.49. The van der Waals surface area contributed by atoms with Crippen LogP contribution in [0.25, 0.3) is 0 Å². The Hall–Kier alpha value is 0.380. The average molecular weight is 399 g/mol. The van der Waals surface area contributed by atoms with Crippen LogP contribution in [0.15, 0.2) is 0 Å². The van der Waals surface area contributed by atoms with Crippen LogP contribution in [0.4, 0.5) is 0 Å². The van der Waals surface area contributed by atoms with Crippen molar-refractivity contribution in [3.8, 4) is 0 Å². The van der Waals surface area contributed by atoms with Crippen molar-refractivity contribution in [1.82, 2.24) is 0 Å². The summed E-state index contributed by atoms with van der Waals surface area (Å²) in [7, 11) is 0. The molecule has 148 valence electrons. The molecule has 0 aromatic heterocycles. The van der Waals surface area contributed by atoms with Crippen LogP contribution in [-0.4, -0.2) is 63.0 Å². The molecular formula is C18H32Cl2O5. The maximum Gasteiger partial charge on any atom is 0.173 e. The fourth-order valence-corrected chi connectivity index (χ4v) is 3.64. The Labute approximate surface area is 161 Å². The van der Waals surface area contributed by atoms with Gasteiger partial charge in [-0.15, -0.1) is 23.2 Å². The van der Waals surface area contributed by atoms with Crippen molar-refractivity contribution in [1.29, 1.82) is 0 Å². The van der Waals surface area contributed by atoms with Crippen LogP contribution < -0.4 is 0 Å². The molecule has 0 aromatic rings. The lowest BCUT2D eigenvalue weighted by Crippen LogP contribution is -2.51. The van der Waals surface area contributed by atoms with Crippen molar-refractivity contribution in [2.75, 3.05) is 51.4 Å². The van der Waals surface area contributed by atoms with Gasteiger partial charge in [0.15, 0.2) is 11.6 Å². The molecule has 0 spiro atoms. The number of halogens is 2. The van der Waals surface area contributed by atoms with E-state index in [1.54, 1.807) is 0 Å². The largest absolute Gasteiger partial charge is 0.380 e. The highest BCUT2D eigenvalue weighted by Crippen LogP contribution is 2.39. The van der Waals surface area contributed by atoms with Crippen LogP contribution in [0.2, 0.25) is 0 Å². The molecule has 2 saturated heterocycles. The molecule has 0 amide bonds. The van der Waals surface area contributed by atoms with E-state index in [-0.39, 0.29) is 0 Å². The van der Waals surface area contributed by atoms with Crippen LogP contribution in [0.1, 0.15) is 51.4 Å². The zero-order valence-electron chi connectivity index (χ0n) is 15.1. The summed E-state index contributed by atoms with van der Waals surface area (Å²) in [5.74, 6) is -0.262. The quantitative estimate of drug-likeness (QED) is 0.366. The molecule has 2 aliphatic heterocycles. The van der Waals surface area contributed by atoms with Crippen LogP contribution in [0, 0.1) is 0 Å². The first kappa shape index (κ1) is 21.7. The molecule has 2 fully saturated rings. The summed E-state index contributed by atoms with van der Waals surface area (Å²) in [6, 6.07) is 0. The molecular weight excluding hydrogens is 367 g/mol. The van der Waals surface area contributed by atoms with E-state index in [0.717, 1.165) is 38.5 Å². The summed E-state index contributed by atoms with van der Waals surface area (Å²) in [6.45, 7) is 3.68. The van der Waals surface area contributed by atoms with E-state index in [1.165, 1.54) is 0 Å². The third-order valence-electron chi connectivity index (χ3n) is 4.70. The van der Waals surface area contributed by atoms with Crippen LogP contribution in [0.3, 0.4) is 0 Å². The fourth-order valence-electron chi connectivity index (χ4n) is 3.42. The van der Waals surface area contributed by atoms with Gasteiger partial charge in [-0.3, -0.25) is 0 Å². The Morgan fingerprint density at radius 1 is 0.680 bits per heavy atom. The van der Waals surface area contributed by atoms with Crippen molar-refractivity contribution in [3.05, 3.63) is 0 Å². The summed E-state index contributed by atoms with van der Waals surface area (Å²) in [5, 5.41) is 0. The van der Waals surface area contributed by atoms with Crippen molar-refractivity contribution < 1.29 is 23.7 Å². The third-order valence-corrected chi connectivity index (χ3v) is 5.01. The van der Waals surface area contributed by atoms with Crippen LogP contribution in [0.5, 0.6) is 0 Å². The molecule has 0 aromatic carbocycles. The topological polar surface area (TPSA) is 46.2 Å². The Balaban J connectivity index is 1.97. The molecule has 0 saturated carbocycles. The summed E-state index contributed by atoms with van der Waals surface area (Å²) >= 11 is 11.4. The standard InChI is InChI=1S/C18H32Cl2O5/c19-9-15-21-13-7-17(5-1-3-11-23-17)25-18(6-2-4-12-24-18)8-14-22-16-10-20/h1-16H2. The number of rotatable bonds is 12. The first-order valence-corrected chi connectivity index (χ1v) is 10.6. The second kappa shape index (κ2) is 12.0. The predicted molar refractivity (Wildman–Crippen MR) is 98.5 cm³/mol. The van der Waals surface area contributed by atoms with Gasteiger partial charge in [-0.1, -0.05) is 0 Å². The highest BCUT2D eigenvalue weighted by molar-refractivity contribution is 6.18. The molecule has 25 heavy (non-hydrogen) atoms. The van der Waals surface area contributed by atoms with Gasteiger partial charge in [-0.2, -0.15) is 0 Å². The van der Waals surface area contributed by atoms with Crippen molar-refractivity contribution >= 4 is 23.2 Å². The van der Waals surface area contributed by atoms with E-state index in [4.69, 9.17) is 46.9 Å². The minimum absolute atomic E-state index is 0.500. The maximum absolute atomic E-state index is 6.60. The molecule has 0 N–H and O–H groups in total. The first-order valence-electron chi connectivity index (χ1n) is 9.50. The SMILES string of the molecule is ClCCOCCC1(OC2(CCOCCCl)CCCCO2)CCCCO1. The van der Waals surface area contributed by atoms with E-state index < -0.39 is 11.6 Å². The van der Waals surface area contributed by atoms with Gasteiger partial charge in [0.05, 0.1) is 39.6 Å². The average Bonchev–Trinajstić information content (AvgIpc) is 2.64. The summed E-state index contributed by atoms with van der Waals surface area (Å²) in [4.78, 5) is 0. The molecule has 0 radical (unpaired) electrons. The van der Waals surface area contributed by atoms with Crippen molar-refractivity contribution in [3.63, 3.8) is 0 Å². The summed E-state index contributed by atoms with van der Waals surface area (Å²) in [5.41, 5.74) is 0. The predicted octanol–water partition coefficient (Wildman–Crippen LogP) is 4.09. The summed E-state index contributed by atoms with van der Waals surface area (Å²) in [6.07, 6.45) is 7.44. The smallest absolute Gasteiger partial charge is 0.173 e. The highest BCUT2D eigenvalue weighted by atomic mass is 35.5. The van der Waals surface area contributed by atoms with Gasteiger partial charge in [0.1, 0.15) is 0 Å². The van der Waals surface area contributed by atoms with Gasteiger partial charge >= 0.3 is 0 Å². The number of ether oxygens (including phenoxy) is 5. The molecule has 2 rings (SSSR count). The minimum Gasteiger partial charge on any atom is -0.380 e. The molecule has 0 bridgehead atoms. The van der Waals surface area contributed by atoms with Gasteiger partial charge in [0, 0.05) is 37.4 Å². The van der Waals surface area contributed by atoms with Crippen LogP contribution >= 0.6 is 23.2 Å². The van der Waals surface area contributed by atoms with E-state index in [0.29, 0.717) is 64.2 Å². The lowest BCUT2D eigenvalue weighted by Gasteiger charge is -2.46. The molecule has 5 nitrogen and oxygen atoms in total. The first-order chi connectivity index (χ1) is 12.2. The molecule has 2 aliphatic rings. The monoisotopic (exact) mass is 398 g/mol. The Morgan fingerprint density at radius 3 is 1.52 bits per heavy atom. The normalized spacial score (nSPS) is 30.5. The number of hydrogen-bond donors (Lipinski definition) is 0. The van der Waals surface area contributed by atoms with E-state index in [1.807, 2.05) is 0 Å². The van der Waals surface area contributed by atoms with E-state index in [2.05, 4.69) is 0 Å². The van der Waals surface area contributed by atoms with Gasteiger partial charge in [0.2, 0.25) is 0 Å². The second-order valence-electron chi connectivity index (χ2n) is 6.64. The molecule has 2 unspecified atom stereocenters. The summed E-state index contributed by atoms with van der Waals surface area (Å²) < 4.78 is 30.0. The lowest BCUT2D eigenvalue weighted by molar-refractivity contribution is -0.383. The number of hydrogen-bond acceptors (Lipinski definition) is 5. The second-order valence-corrected chi connectivity index (χ2v) is 7.39. The van der Waals surface area contributed by atoms with Gasteiger partial charge in [0.25, 0.3) is 0 Å². The van der Waals surface area contributed by atoms with Crippen LogP contribution in [-0.2, 0) is 23.7 Å². The van der Waals surface area contributed by atoms with Gasteiger partial charge in [-0.25, -0.2) is 0 Å². The zero-order chi connectivity index (χ0) is 17.8. The minimum atomic E-state index is -0.631. The van der Waals surface area contributed by atoms with E-state index in [9.17, 15) is 0 Å². The Morgan fingerprint density at radius 2 is 1.16 bits per heavy atom. The molecule has 2 heterocycles. The van der Waals surface area contributed by atoms with Gasteiger partial charge in [-0.05, 0) is 25.7 Å². The fraction of sp³-hybridized carbons (Fsp3) is 1.00. The molecule has 0 aliphatic carbocycles. The van der Waals surface area contributed by atoms with Crippen molar-refractivity contribution in [2.24, 2.45) is 0 Å². The maximum atomic E-state index is 6.60. The Bertz CT molecular complexity index is 312. The van der Waals surface area contributed by atoms with Crippen molar-refractivity contribution in [2.45, 2.75) is 62.9 Å². The van der Waals surface area contributed by atoms with E-state index >= 15 is 0 Å². The molecule has 7 heteroatoms.